The Hall–Kier alpha value is -1.56. The van der Waals surface area contributed by atoms with Gasteiger partial charge < -0.3 is 4.74 Å². The molecule has 0 aliphatic carbocycles. The van der Waals surface area contributed by atoms with Crippen LogP contribution in [0.25, 0.3) is 0 Å². The minimum Gasteiger partial charge on any atom is -0.473 e. The van der Waals surface area contributed by atoms with Gasteiger partial charge in [0.2, 0.25) is 5.88 Å². The van der Waals surface area contributed by atoms with Crippen molar-refractivity contribution in [2.24, 2.45) is 5.92 Å². The van der Waals surface area contributed by atoms with Crippen LogP contribution in [-0.2, 0) is 0 Å². The first-order valence-electron chi connectivity index (χ1n) is 4.67. The van der Waals surface area contributed by atoms with Crippen LogP contribution in [0.15, 0.2) is 18.3 Å². The Bertz CT molecular complexity index is 341. The molecule has 0 radical (unpaired) electrons. The van der Waals surface area contributed by atoms with E-state index in [2.05, 4.69) is 24.9 Å². The second-order valence-electron chi connectivity index (χ2n) is 3.53. The molecule has 0 N–H and O–H groups in total. The maximum atomic E-state index is 8.80. The summed E-state index contributed by atoms with van der Waals surface area (Å²) in [4.78, 5) is 4.03. The fourth-order valence-corrected chi connectivity index (χ4v) is 0.882. The molecule has 0 bridgehead atoms. The number of nitriles is 1. The third-order valence-corrected chi connectivity index (χ3v) is 2.13. The standard InChI is InChI=1S/C11H14N2O/c1-8(2)9(3)14-11-10(7-12)5-4-6-13-11/h4-6,8-9H,1-3H3. The van der Waals surface area contributed by atoms with Crippen LogP contribution in [0.2, 0.25) is 0 Å². The van der Waals surface area contributed by atoms with Gasteiger partial charge in [0.25, 0.3) is 0 Å². The van der Waals surface area contributed by atoms with Crippen LogP contribution < -0.4 is 4.74 Å². The Kier molecular flexibility index (Phi) is 3.47. The highest BCUT2D eigenvalue weighted by Gasteiger charge is 2.11. The third-order valence-electron chi connectivity index (χ3n) is 2.13. The van der Waals surface area contributed by atoms with Gasteiger partial charge in [-0.25, -0.2) is 4.98 Å². The summed E-state index contributed by atoms with van der Waals surface area (Å²) in [5.41, 5.74) is 0.486. The summed E-state index contributed by atoms with van der Waals surface area (Å²) in [6.07, 6.45) is 1.69. The molecule has 1 aromatic heterocycles. The molecule has 0 fully saturated rings. The highest BCUT2D eigenvalue weighted by molar-refractivity contribution is 5.37. The van der Waals surface area contributed by atoms with Gasteiger partial charge in [-0.3, -0.25) is 0 Å². The van der Waals surface area contributed by atoms with Gasteiger partial charge in [0.15, 0.2) is 0 Å². The van der Waals surface area contributed by atoms with Crippen LogP contribution in [0.1, 0.15) is 26.3 Å². The summed E-state index contributed by atoms with van der Waals surface area (Å²) in [6, 6.07) is 5.48. The van der Waals surface area contributed by atoms with E-state index in [-0.39, 0.29) is 6.10 Å². The number of ether oxygens (including phenoxy) is 1. The zero-order valence-electron chi connectivity index (χ0n) is 8.69. The van der Waals surface area contributed by atoms with E-state index in [0.717, 1.165) is 0 Å². The van der Waals surface area contributed by atoms with Gasteiger partial charge in [-0.15, -0.1) is 0 Å². The van der Waals surface area contributed by atoms with E-state index in [1.54, 1.807) is 18.3 Å². The monoisotopic (exact) mass is 190 g/mol. The van der Waals surface area contributed by atoms with Gasteiger partial charge >= 0.3 is 0 Å². The molecule has 74 valence electrons. The Labute approximate surface area is 84.3 Å². The number of hydrogen-bond donors (Lipinski definition) is 0. The van der Waals surface area contributed by atoms with Gasteiger partial charge in [-0.05, 0) is 25.0 Å². The maximum absolute atomic E-state index is 8.80. The molecule has 0 aliphatic heterocycles. The Morgan fingerprint density at radius 3 is 2.71 bits per heavy atom. The maximum Gasteiger partial charge on any atom is 0.231 e. The number of hydrogen-bond acceptors (Lipinski definition) is 3. The lowest BCUT2D eigenvalue weighted by atomic mass is 10.1. The van der Waals surface area contributed by atoms with E-state index in [1.165, 1.54) is 0 Å². The topological polar surface area (TPSA) is 45.9 Å². The Morgan fingerprint density at radius 1 is 1.43 bits per heavy atom. The van der Waals surface area contributed by atoms with Crippen LogP contribution in [0, 0.1) is 17.2 Å². The van der Waals surface area contributed by atoms with E-state index in [1.807, 2.05) is 6.92 Å². The van der Waals surface area contributed by atoms with Crippen molar-refractivity contribution in [2.75, 3.05) is 0 Å². The first kappa shape index (κ1) is 10.5. The van der Waals surface area contributed by atoms with Crippen molar-refractivity contribution in [3.8, 4) is 11.9 Å². The molecular formula is C11H14N2O. The van der Waals surface area contributed by atoms with Crippen molar-refractivity contribution in [2.45, 2.75) is 26.9 Å². The Balaban J connectivity index is 2.82. The summed E-state index contributed by atoms with van der Waals surface area (Å²) in [5.74, 6) is 0.833. The lowest BCUT2D eigenvalue weighted by Crippen LogP contribution is -2.19. The molecule has 3 heteroatoms. The minimum absolute atomic E-state index is 0.0667. The average Bonchev–Trinajstić information content (AvgIpc) is 2.18. The first-order chi connectivity index (χ1) is 6.65. The van der Waals surface area contributed by atoms with Crippen molar-refractivity contribution < 1.29 is 4.74 Å². The summed E-state index contributed by atoms with van der Waals surface area (Å²) < 4.78 is 5.56. The highest BCUT2D eigenvalue weighted by Crippen LogP contribution is 2.16. The molecule has 1 rings (SSSR count). The molecule has 1 unspecified atom stereocenters. The van der Waals surface area contributed by atoms with Gasteiger partial charge in [-0.2, -0.15) is 5.26 Å². The van der Waals surface area contributed by atoms with E-state index in [4.69, 9.17) is 10.00 Å². The van der Waals surface area contributed by atoms with E-state index in [0.29, 0.717) is 17.4 Å². The van der Waals surface area contributed by atoms with Crippen LogP contribution in [0.3, 0.4) is 0 Å². The molecule has 0 aliphatic rings. The molecule has 0 saturated heterocycles. The van der Waals surface area contributed by atoms with Crippen molar-refractivity contribution >= 4 is 0 Å². The van der Waals surface area contributed by atoms with Crippen LogP contribution in [0.4, 0.5) is 0 Å². The van der Waals surface area contributed by atoms with Crippen molar-refractivity contribution in [1.29, 1.82) is 5.26 Å². The third kappa shape index (κ3) is 2.46. The number of rotatable bonds is 3. The fourth-order valence-electron chi connectivity index (χ4n) is 0.882. The first-order valence-corrected chi connectivity index (χ1v) is 4.67. The second-order valence-corrected chi connectivity index (χ2v) is 3.53. The predicted octanol–water partition coefficient (Wildman–Crippen LogP) is 2.38. The van der Waals surface area contributed by atoms with Crippen LogP contribution >= 0.6 is 0 Å². The Morgan fingerprint density at radius 2 is 2.14 bits per heavy atom. The van der Waals surface area contributed by atoms with Crippen molar-refractivity contribution in [1.82, 2.24) is 4.98 Å². The smallest absolute Gasteiger partial charge is 0.231 e. The van der Waals surface area contributed by atoms with Gasteiger partial charge in [0.1, 0.15) is 11.6 Å². The van der Waals surface area contributed by atoms with E-state index >= 15 is 0 Å². The van der Waals surface area contributed by atoms with Gasteiger partial charge in [-0.1, -0.05) is 13.8 Å². The minimum atomic E-state index is 0.0667. The quantitative estimate of drug-likeness (QED) is 0.735. The van der Waals surface area contributed by atoms with E-state index < -0.39 is 0 Å². The summed E-state index contributed by atoms with van der Waals surface area (Å²) in [5, 5.41) is 8.80. The molecule has 1 atom stereocenters. The molecule has 0 amide bonds. The summed E-state index contributed by atoms with van der Waals surface area (Å²) in [6.45, 7) is 6.11. The van der Waals surface area contributed by atoms with E-state index in [9.17, 15) is 0 Å². The fraction of sp³-hybridized carbons (Fsp3) is 0.455. The highest BCUT2D eigenvalue weighted by atomic mass is 16.5. The van der Waals surface area contributed by atoms with Crippen molar-refractivity contribution in [3.63, 3.8) is 0 Å². The molecule has 0 saturated carbocycles. The number of aromatic nitrogens is 1. The normalized spacial score (nSPS) is 12.2. The summed E-state index contributed by atoms with van der Waals surface area (Å²) >= 11 is 0. The largest absolute Gasteiger partial charge is 0.473 e. The summed E-state index contributed by atoms with van der Waals surface area (Å²) in [7, 11) is 0. The zero-order chi connectivity index (χ0) is 10.6. The molecule has 1 aromatic rings. The molecule has 0 aromatic carbocycles. The molecular weight excluding hydrogens is 176 g/mol. The lowest BCUT2D eigenvalue weighted by Gasteiger charge is -2.17. The van der Waals surface area contributed by atoms with Gasteiger partial charge in [0, 0.05) is 6.20 Å². The lowest BCUT2D eigenvalue weighted by molar-refractivity contribution is 0.163. The second kappa shape index (κ2) is 4.61. The number of pyridine rings is 1. The molecule has 1 heterocycles. The van der Waals surface area contributed by atoms with Gasteiger partial charge in [0.05, 0.1) is 6.10 Å². The molecule has 0 spiro atoms. The van der Waals surface area contributed by atoms with Crippen molar-refractivity contribution in [3.05, 3.63) is 23.9 Å². The zero-order valence-corrected chi connectivity index (χ0v) is 8.69. The predicted molar refractivity (Wildman–Crippen MR) is 53.9 cm³/mol. The van der Waals surface area contributed by atoms with Crippen LogP contribution in [-0.4, -0.2) is 11.1 Å². The molecule has 3 nitrogen and oxygen atoms in total. The SMILES string of the molecule is CC(C)C(C)Oc1ncccc1C#N. The van der Waals surface area contributed by atoms with Crippen LogP contribution in [0.5, 0.6) is 5.88 Å². The molecule has 14 heavy (non-hydrogen) atoms. The average molecular weight is 190 g/mol. The number of nitrogens with zero attached hydrogens (tertiary/aromatic N) is 2.